The average molecular weight is 444 g/mol. The standard InChI is InChI=1S/C27H29N3O3/c1-2-3-4-11-19-32-24-18-12-17-23(31)25(24)33-30-26(21-13-7-5-8-14-21)28-20-29-27(30)22-15-9-6-10-16-22/h5-10,12-18,20,26,31H,2-4,11,19H2,1H3. The van der Waals surface area contributed by atoms with Crippen molar-refractivity contribution in [1.29, 1.82) is 0 Å². The molecule has 0 saturated heterocycles. The fourth-order valence-electron chi connectivity index (χ4n) is 3.63. The SMILES string of the molecule is CCCCCCOc1cccc(O)c1ON1C(c2ccccc2)=NC=NC1c1ccccc1. The minimum Gasteiger partial charge on any atom is -0.504 e. The molecule has 0 saturated carbocycles. The van der Waals surface area contributed by atoms with Crippen molar-refractivity contribution in [2.45, 2.75) is 38.8 Å². The molecule has 0 radical (unpaired) electrons. The quantitative estimate of drug-likeness (QED) is 0.383. The Labute approximate surface area is 194 Å². The van der Waals surface area contributed by atoms with Crippen molar-refractivity contribution in [3.63, 3.8) is 0 Å². The number of hydrogen-bond acceptors (Lipinski definition) is 6. The number of hydroxylamine groups is 2. The molecule has 3 aromatic carbocycles. The Hall–Kier alpha value is -3.80. The Morgan fingerprint density at radius 3 is 2.39 bits per heavy atom. The van der Waals surface area contributed by atoms with E-state index in [4.69, 9.17) is 9.57 Å². The number of benzene rings is 3. The first-order chi connectivity index (χ1) is 16.3. The van der Waals surface area contributed by atoms with E-state index in [2.05, 4.69) is 16.9 Å². The van der Waals surface area contributed by atoms with Crippen molar-refractivity contribution in [2.24, 2.45) is 9.98 Å². The van der Waals surface area contributed by atoms with Crippen LogP contribution in [0.25, 0.3) is 0 Å². The molecule has 3 aromatic rings. The minimum atomic E-state index is -0.476. The van der Waals surface area contributed by atoms with Gasteiger partial charge in [-0.2, -0.15) is 5.06 Å². The molecule has 4 rings (SSSR count). The van der Waals surface area contributed by atoms with Gasteiger partial charge in [-0.3, -0.25) is 0 Å². The van der Waals surface area contributed by atoms with Gasteiger partial charge in [0.25, 0.3) is 0 Å². The molecule has 1 N–H and O–H groups in total. The lowest BCUT2D eigenvalue weighted by atomic mass is 10.1. The van der Waals surface area contributed by atoms with Gasteiger partial charge in [-0.05, 0) is 24.1 Å². The van der Waals surface area contributed by atoms with Crippen molar-refractivity contribution in [1.82, 2.24) is 5.06 Å². The normalized spacial score (nSPS) is 15.2. The summed E-state index contributed by atoms with van der Waals surface area (Å²) in [6, 6.07) is 24.8. The largest absolute Gasteiger partial charge is 0.504 e. The summed E-state index contributed by atoms with van der Waals surface area (Å²) in [6.07, 6.45) is 5.46. The van der Waals surface area contributed by atoms with E-state index in [9.17, 15) is 5.11 Å². The second kappa shape index (κ2) is 11.2. The van der Waals surface area contributed by atoms with E-state index in [-0.39, 0.29) is 11.5 Å². The molecule has 170 valence electrons. The van der Waals surface area contributed by atoms with Gasteiger partial charge in [0.05, 0.1) is 6.61 Å². The second-order valence-corrected chi connectivity index (χ2v) is 7.80. The molecule has 1 unspecified atom stereocenters. The van der Waals surface area contributed by atoms with Crippen LogP contribution < -0.4 is 9.57 Å². The molecular formula is C27H29N3O3. The van der Waals surface area contributed by atoms with E-state index in [0.29, 0.717) is 18.2 Å². The van der Waals surface area contributed by atoms with Gasteiger partial charge in [-0.1, -0.05) is 92.9 Å². The molecule has 6 heteroatoms. The summed E-state index contributed by atoms with van der Waals surface area (Å²) >= 11 is 0. The molecular weight excluding hydrogens is 414 g/mol. The fraction of sp³-hybridized carbons (Fsp3) is 0.259. The number of para-hydroxylation sites is 1. The number of nitrogens with zero attached hydrogens (tertiary/aromatic N) is 3. The predicted octanol–water partition coefficient (Wildman–Crippen LogP) is 6.13. The van der Waals surface area contributed by atoms with Crippen LogP contribution in [0.2, 0.25) is 0 Å². The predicted molar refractivity (Wildman–Crippen MR) is 131 cm³/mol. The summed E-state index contributed by atoms with van der Waals surface area (Å²) in [7, 11) is 0. The zero-order valence-electron chi connectivity index (χ0n) is 18.8. The number of phenols is 1. The summed E-state index contributed by atoms with van der Waals surface area (Å²) in [6.45, 7) is 2.73. The molecule has 0 amide bonds. The number of hydrogen-bond donors (Lipinski definition) is 1. The van der Waals surface area contributed by atoms with E-state index in [1.54, 1.807) is 29.6 Å². The van der Waals surface area contributed by atoms with Crippen molar-refractivity contribution >= 4 is 12.2 Å². The maximum absolute atomic E-state index is 10.7. The zero-order chi connectivity index (χ0) is 22.9. The van der Waals surface area contributed by atoms with Gasteiger partial charge < -0.3 is 14.7 Å². The van der Waals surface area contributed by atoms with Crippen molar-refractivity contribution in [2.75, 3.05) is 6.61 Å². The zero-order valence-corrected chi connectivity index (χ0v) is 18.8. The number of aromatic hydroxyl groups is 1. The number of phenolic OH excluding ortho intramolecular Hbond substituents is 1. The lowest BCUT2D eigenvalue weighted by Crippen LogP contribution is -2.39. The Bertz CT molecular complexity index is 1080. The molecule has 1 atom stereocenters. The highest BCUT2D eigenvalue weighted by Crippen LogP contribution is 2.39. The van der Waals surface area contributed by atoms with Crippen molar-refractivity contribution < 1.29 is 14.7 Å². The monoisotopic (exact) mass is 443 g/mol. The Morgan fingerprint density at radius 2 is 1.64 bits per heavy atom. The van der Waals surface area contributed by atoms with Crippen molar-refractivity contribution in [3.8, 4) is 17.2 Å². The minimum absolute atomic E-state index is 0.00478. The molecule has 0 aromatic heterocycles. The van der Waals surface area contributed by atoms with Crippen LogP contribution in [0.15, 0.2) is 88.8 Å². The molecule has 6 nitrogen and oxygen atoms in total. The van der Waals surface area contributed by atoms with Crippen LogP contribution in [-0.4, -0.2) is 29.0 Å². The highest BCUT2D eigenvalue weighted by atomic mass is 16.7. The first-order valence-corrected chi connectivity index (χ1v) is 11.4. The van der Waals surface area contributed by atoms with E-state index >= 15 is 0 Å². The third kappa shape index (κ3) is 5.52. The van der Waals surface area contributed by atoms with Crippen LogP contribution in [0.3, 0.4) is 0 Å². The molecule has 0 bridgehead atoms. The van der Waals surface area contributed by atoms with E-state index in [1.165, 1.54) is 12.8 Å². The summed E-state index contributed by atoms with van der Waals surface area (Å²) in [5.74, 6) is 1.32. The van der Waals surface area contributed by atoms with Gasteiger partial charge in [0.15, 0.2) is 23.5 Å². The highest BCUT2D eigenvalue weighted by Gasteiger charge is 2.30. The molecule has 1 aliphatic rings. The van der Waals surface area contributed by atoms with E-state index < -0.39 is 6.17 Å². The van der Waals surface area contributed by atoms with Crippen LogP contribution >= 0.6 is 0 Å². The number of ether oxygens (including phenoxy) is 1. The molecule has 0 spiro atoms. The first-order valence-electron chi connectivity index (χ1n) is 11.4. The van der Waals surface area contributed by atoms with Crippen LogP contribution in [0.4, 0.5) is 0 Å². The number of aliphatic imine (C=N–C) groups is 2. The third-order valence-corrected chi connectivity index (χ3v) is 5.35. The summed E-state index contributed by atoms with van der Waals surface area (Å²) in [4.78, 5) is 15.4. The van der Waals surface area contributed by atoms with Crippen LogP contribution in [0, 0.1) is 0 Å². The third-order valence-electron chi connectivity index (χ3n) is 5.35. The smallest absolute Gasteiger partial charge is 0.238 e. The lowest BCUT2D eigenvalue weighted by molar-refractivity contribution is -0.0258. The van der Waals surface area contributed by atoms with Crippen LogP contribution in [0.1, 0.15) is 49.9 Å². The maximum Gasteiger partial charge on any atom is 0.238 e. The average Bonchev–Trinajstić information content (AvgIpc) is 2.87. The van der Waals surface area contributed by atoms with E-state index in [0.717, 1.165) is 24.0 Å². The molecule has 0 fully saturated rings. The van der Waals surface area contributed by atoms with Crippen LogP contribution in [0.5, 0.6) is 17.2 Å². The Kier molecular flexibility index (Phi) is 7.59. The molecule has 1 heterocycles. The summed E-state index contributed by atoms with van der Waals surface area (Å²) in [5, 5.41) is 12.3. The van der Waals surface area contributed by atoms with Crippen LogP contribution in [-0.2, 0) is 0 Å². The lowest BCUT2D eigenvalue weighted by Gasteiger charge is -2.33. The Balaban J connectivity index is 1.65. The maximum atomic E-state index is 10.7. The Morgan fingerprint density at radius 1 is 0.879 bits per heavy atom. The summed E-state index contributed by atoms with van der Waals surface area (Å²) in [5.41, 5.74) is 1.82. The van der Waals surface area contributed by atoms with Gasteiger partial charge in [0.1, 0.15) is 6.34 Å². The highest BCUT2D eigenvalue weighted by molar-refractivity contribution is 6.03. The topological polar surface area (TPSA) is 66.7 Å². The van der Waals surface area contributed by atoms with Gasteiger partial charge in [-0.25, -0.2) is 9.98 Å². The number of amidine groups is 1. The molecule has 1 aliphatic heterocycles. The second-order valence-electron chi connectivity index (χ2n) is 7.80. The number of unbranched alkanes of at least 4 members (excludes halogenated alkanes) is 3. The number of rotatable bonds is 10. The van der Waals surface area contributed by atoms with Crippen molar-refractivity contribution in [3.05, 3.63) is 90.0 Å². The summed E-state index contributed by atoms with van der Waals surface area (Å²) < 4.78 is 6.00. The van der Waals surface area contributed by atoms with Gasteiger partial charge in [-0.15, -0.1) is 0 Å². The van der Waals surface area contributed by atoms with Gasteiger partial charge >= 0.3 is 0 Å². The van der Waals surface area contributed by atoms with Gasteiger partial charge in [0, 0.05) is 5.56 Å². The molecule has 0 aliphatic carbocycles. The van der Waals surface area contributed by atoms with Gasteiger partial charge in [0.2, 0.25) is 5.75 Å². The first kappa shape index (κ1) is 22.4. The van der Waals surface area contributed by atoms with E-state index in [1.807, 2.05) is 60.7 Å². The molecule has 33 heavy (non-hydrogen) atoms. The fourth-order valence-corrected chi connectivity index (χ4v) is 3.63.